The van der Waals surface area contributed by atoms with Crippen molar-refractivity contribution in [3.63, 3.8) is 0 Å². The second kappa shape index (κ2) is 2.17. The number of fused-ring (bicyclic) bond motifs is 1. The summed E-state index contributed by atoms with van der Waals surface area (Å²) in [5, 5.41) is 7.70. The maximum absolute atomic E-state index is 5.59. The van der Waals surface area contributed by atoms with Crippen LogP contribution in [0, 0.1) is 0 Å². The maximum atomic E-state index is 5.59. The molecule has 0 spiro atoms. The first-order valence-corrected chi connectivity index (χ1v) is 3.63. The number of rotatable bonds is 0. The lowest BCUT2D eigenvalue weighted by molar-refractivity contribution is 1.11. The number of nitrogens with one attached hydrogen (secondary N) is 1. The zero-order chi connectivity index (χ0) is 7.84. The van der Waals surface area contributed by atoms with Gasteiger partial charge in [0, 0.05) is 16.0 Å². The average molecular weight is 165 g/mol. The van der Waals surface area contributed by atoms with Crippen LogP contribution in [0.25, 0.3) is 10.9 Å². The Bertz CT molecular complexity index is 393. The van der Waals surface area contributed by atoms with Crippen LogP contribution in [-0.4, -0.2) is 10.2 Å². The van der Waals surface area contributed by atoms with Crippen molar-refractivity contribution in [2.45, 2.75) is 4.90 Å². The van der Waals surface area contributed by atoms with Crippen LogP contribution >= 0.6 is 12.6 Å². The molecule has 3 N–H and O–H groups in total. The highest BCUT2D eigenvalue weighted by atomic mass is 32.1. The number of hydrogen-bond acceptors (Lipinski definition) is 3. The Labute approximate surface area is 69.0 Å². The number of hydrogen-bond donors (Lipinski definition) is 3. The van der Waals surface area contributed by atoms with Crippen molar-refractivity contribution in [3.05, 3.63) is 18.3 Å². The molecule has 0 bridgehead atoms. The van der Waals surface area contributed by atoms with Gasteiger partial charge in [0.05, 0.1) is 11.7 Å². The molecule has 0 aliphatic carbocycles. The number of nitrogen functional groups attached to an aromatic ring is 1. The monoisotopic (exact) mass is 165 g/mol. The molecule has 11 heavy (non-hydrogen) atoms. The lowest BCUT2D eigenvalue weighted by Gasteiger charge is -1.95. The molecule has 0 radical (unpaired) electrons. The van der Waals surface area contributed by atoms with Gasteiger partial charge in [-0.2, -0.15) is 5.10 Å². The van der Waals surface area contributed by atoms with Crippen molar-refractivity contribution in [2.24, 2.45) is 0 Å². The zero-order valence-corrected chi connectivity index (χ0v) is 6.60. The van der Waals surface area contributed by atoms with Crippen molar-refractivity contribution in [1.29, 1.82) is 0 Å². The number of aromatic nitrogens is 2. The molecule has 0 atom stereocenters. The third-order valence-electron chi connectivity index (χ3n) is 1.55. The van der Waals surface area contributed by atoms with E-state index in [0.29, 0.717) is 5.69 Å². The molecule has 0 fully saturated rings. The number of benzene rings is 1. The number of nitrogens with two attached hydrogens (primary N) is 1. The SMILES string of the molecule is Nc1cc(S)c2[nH]ncc2c1. The van der Waals surface area contributed by atoms with E-state index in [1.54, 1.807) is 12.3 Å². The number of aromatic amines is 1. The molecule has 0 saturated carbocycles. The second-order valence-corrected chi connectivity index (χ2v) is 2.86. The molecule has 0 amide bonds. The standard InChI is InChI=1S/C7H7N3S/c8-5-1-4-3-9-10-7(4)6(11)2-5/h1-3,11H,8H2,(H,9,10). The van der Waals surface area contributed by atoms with Crippen molar-refractivity contribution in [1.82, 2.24) is 10.2 Å². The second-order valence-electron chi connectivity index (χ2n) is 2.37. The highest BCUT2D eigenvalue weighted by Crippen LogP contribution is 2.22. The Morgan fingerprint density at radius 1 is 1.45 bits per heavy atom. The molecule has 0 unspecified atom stereocenters. The first-order valence-electron chi connectivity index (χ1n) is 3.19. The van der Waals surface area contributed by atoms with Gasteiger partial charge < -0.3 is 5.73 Å². The van der Waals surface area contributed by atoms with Gasteiger partial charge >= 0.3 is 0 Å². The Balaban J connectivity index is 2.91. The predicted molar refractivity (Wildman–Crippen MR) is 47.8 cm³/mol. The van der Waals surface area contributed by atoms with E-state index in [1.165, 1.54) is 0 Å². The first-order chi connectivity index (χ1) is 5.27. The fraction of sp³-hybridized carbons (Fsp3) is 0. The smallest absolute Gasteiger partial charge is 0.0785 e. The quantitative estimate of drug-likeness (QED) is 0.408. The van der Waals surface area contributed by atoms with Crippen LogP contribution in [0.5, 0.6) is 0 Å². The fourth-order valence-electron chi connectivity index (χ4n) is 1.06. The van der Waals surface area contributed by atoms with Crippen molar-refractivity contribution in [2.75, 3.05) is 5.73 Å². The van der Waals surface area contributed by atoms with Gasteiger partial charge in [-0.25, -0.2) is 0 Å². The van der Waals surface area contributed by atoms with E-state index in [4.69, 9.17) is 5.73 Å². The third kappa shape index (κ3) is 0.952. The summed E-state index contributed by atoms with van der Waals surface area (Å²) < 4.78 is 0. The van der Waals surface area contributed by atoms with Crippen LogP contribution in [-0.2, 0) is 0 Å². The Hall–Kier alpha value is -1.16. The molecule has 0 aliphatic rings. The van der Waals surface area contributed by atoms with Crippen LogP contribution in [0.15, 0.2) is 23.2 Å². The van der Waals surface area contributed by atoms with Gasteiger partial charge in [0.2, 0.25) is 0 Å². The molecule has 1 aromatic heterocycles. The van der Waals surface area contributed by atoms with E-state index >= 15 is 0 Å². The molecule has 2 aromatic rings. The lowest BCUT2D eigenvalue weighted by atomic mass is 10.2. The van der Waals surface area contributed by atoms with Gasteiger partial charge in [-0.15, -0.1) is 12.6 Å². The third-order valence-corrected chi connectivity index (χ3v) is 1.90. The van der Waals surface area contributed by atoms with Crippen LogP contribution in [0.4, 0.5) is 5.69 Å². The molecular weight excluding hydrogens is 158 g/mol. The summed E-state index contributed by atoms with van der Waals surface area (Å²) in [6.07, 6.45) is 1.73. The molecule has 0 aliphatic heterocycles. The first kappa shape index (κ1) is 6.54. The normalized spacial score (nSPS) is 10.6. The average Bonchev–Trinajstić information content (AvgIpc) is 2.34. The molecule has 2 rings (SSSR count). The summed E-state index contributed by atoms with van der Waals surface area (Å²) in [4.78, 5) is 0.831. The predicted octanol–water partition coefficient (Wildman–Crippen LogP) is 1.43. The van der Waals surface area contributed by atoms with Gasteiger partial charge in [-0.3, -0.25) is 5.10 Å². The van der Waals surface area contributed by atoms with E-state index in [2.05, 4.69) is 22.8 Å². The summed E-state index contributed by atoms with van der Waals surface area (Å²) in [5.74, 6) is 0. The fourth-order valence-corrected chi connectivity index (χ4v) is 1.39. The summed E-state index contributed by atoms with van der Waals surface area (Å²) in [7, 11) is 0. The summed E-state index contributed by atoms with van der Waals surface area (Å²) in [5.41, 5.74) is 7.24. The summed E-state index contributed by atoms with van der Waals surface area (Å²) in [6, 6.07) is 3.65. The molecular formula is C7H7N3S. The van der Waals surface area contributed by atoms with Crippen LogP contribution in [0.1, 0.15) is 0 Å². The lowest BCUT2D eigenvalue weighted by Crippen LogP contribution is -1.83. The Morgan fingerprint density at radius 2 is 2.27 bits per heavy atom. The van der Waals surface area contributed by atoms with Gasteiger partial charge in [0.25, 0.3) is 0 Å². The summed E-state index contributed by atoms with van der Waals surface area (Å²) in [6.45, 7) is 0. The number of H-pyrrole nitrogens is 1. The van der Waals surface area contributed by atoms with E-state index < -0.39 is 0 Å². The number of anilines is 1. The van der Waals surface area contributed by atoms with Crippen molar-refractivity contribution in [3.8, 4) is 0 Å². The molecule has 0 saturated heterocycles. The Kier molecular flexibility index (Phi) is 1.29. The van der Waals surface area contributed by atoms with E-state index in [0.717, 1.165) is 15.8 Å². The highest BCUT2D eigenvalue weighted by Gasteiger charge is 1.99. The van der Waals surface area contributed by atoms with Gasteiger partial charge in [0.15, 0.2) is 0 Å². The highest BCUT2D eigenvalue weighted by molar-refractivity contribution is 7.80. The largest absolute Gasteiger partial charge is 0.399 e. The van der Waals surface area contributed by atoms with Crippen molar-refractivity contribution >= 4 is 29.2 Å². The van der Waals surface area contributed by atoms with Crippen LogP contribution < -0.4 is 5.73 Å². The number of thiol groups is 1. The minimum absolute atomic E-state index is 0.712. The van der Waals surface area contributed by atoms with Gasteiger partial charge in [0.1, 0.15) is 0 Å². The maximum Gasteiger partial charge on any atom is 0.0785 e. The minimum atomic E-state index is 0.712. The molecule has 3 nitrogen and oxygen atoms in total. The molecule has 4 heteroatoms. The van der Waals surface area contributed by atoms with Gasteiger partial charge in [-0.05, 0) is 12.1 Å². The number of nitrogens with zero attached hydrogens (tertiary/aromatic N) is 1. The zero-order valence-electron chi connectivity index (χ0n) is 5.70. The Morgan fingerprint density at radius 3 is 3.09 bits per heavy atom. The van der Waals surface area contributed by atoms with Gasteiger partial charge in [-0.1, -0.05) is 0 Å². The molecule has 1 heterocycles. The van der Waals surface area contributed by atoms with E-state index in [-0.39, 0.29) is 0 Å². The molecule has 56 valence electrons. The molecule has 1 aromatic carbocycles. The van der Waals surface area contributed by atoms with Crippen molar-refractivity contribution < 1.29 is 0 Å². The minimum Gasteiger partial charge on any atom is -0.399 e. The van der Waals surface area contributed by atoms with E-state index in [9.17, 15) is 0 Å². The van der Waals surface area contributed by atoms with E-state index in [1.807, 2.05) is 6.07 Å². The topological polar surface area (TPSA) is 54.7 Å². The van der Waals surface area contributed by atoms with Crippen LogP contribution in [0.3, 0.4) is 0 Å². The summed E-state index contributed by atoms with van der Waals surface area (Å²) >= 11 is 4.23. The van der Waals surface area contributed by atoms with Crippen LogP contribution in [0.2, 0.25) is 0 Å².